The Labute approximate surface area is 175 Å². The third-order valence-electron chi connectivity index (χ3n) is 6.00. The van der Waals surface area contributed by atoms with Crippen LogP contribution in [0.4, 0.5) is 22.4 Å². The molecule has 0 bridgehead atoms. The van der Waals surface area contributed by atoms with Crippen molar-refractivity contribution in [2.75, 3.05) is 26.8 Å². The number of methoxy groups -OCH3 is 1. The number of rotatable bonds is 6. The molecule has 8 nitrogen and oxygen atoms in total. The predicted octanol–water partition coefficient (Wildman–Crippen LogP) is 1.80. The molecule has 3 heterocycles. The number of imidazole rings is 1. The van der Waals surface area contributed by atoms with Crippen LogP contribution in [0.15, 0.2) is 18.5 Å². The predicted molar refractivity (Wildman–Crippen MR) is 101 cm³/mol. The molecule has 1 aliphatic heterocycles. The molecule has 1 saturated heterocycles. The summed E-state index contributed by atoms with van der Waals surface area (Å²) in [5.74, 6) is -6.02. The Hall–Kier alpha value is -2.47. The summed E-state index contributed by atoms with van der Waals surface area (Å²) >= 11 is 0. The molecule has 2 aromatic rings. The number of aromatic nitrogens is 3. The van der Waals surface area contributed by atoms with Gasteiger partial charge in [0.15, 0.2) is 5.65 Å². The van der Waals surface area contributed by atoms with Crippen molar-refractivity contribution in [3.63, 3.8) is 0 Å². The Morgan fingerprint density at radius 2 is 2.13 bits per heavy atom. The topological polar surface area (TPSA) is 99.4 Å². The molecule has 12 heteroatoms. The van der Waals surface area contributed by atoms with Crippen LogP contribution in [-0.2, 0) is 4.74 Å². The van der Waals surface area contributed by atoms with Crippen molar-refractivity contribution >= 4 is 11.7 Å². The van der Waals surface area contributed by atoms with Crippen molar-refractivity contribution in [3.05, 3.63) is 29.7 Å². The molecule has 2 amide bonds. The molecule has 170 valence electrons. The highest BCUT2D eigenvalue weighted by molar-refractivity contribution is 5.76. The van der Waals surface area contributed by atoms with Crippen LogP contribution in [0.5, 0.6) is 0 Å². The van der Waals surface area contributed by atoms with E-state index in [0.717, 1.165) is 4.90 Å². The lowest BCUT2D eigenvalue weighted by Crippen LogP contribution is -2.58. The third-order valence-corrected chi connectivity index (χ3v) is 6.00. The molecular weight excluding hydrogens is 420 g/mol. The summed E-state index contributed by atoms with van der Waals surface area (Å²) in [6, 6.07) is -0.189. The number of nitrogens with zero attached hydrogens (tertiary/aromatic N) is 4. The minimum atomic E-state index is -3.07. The number of quaternary nitrogens is 1. The minimum Gasteiger partial charge on any atom is -0.382 e. The zero-order valence-electron chi connectivity index (χ0n) is 17.0. The zero-order valence-corrected chi connectivity index (χ0v) is 17.0. The molecule has 2 aliphatic rings. The molecule has 2 fully saturated rings. The van der Waals surface area contributed by atoms with Crippen molar-refractivity contribution in [1.82, 2.24) is 24.8 Å². The van der Waals surface area contributed by atoms with Gasteiger partial charge in [0.25, 0.3) is 5.92 Å². The van der Waals surface area contributed by atoms with Gasteiger partial charge in [0.2, 0.25) is 5.92 Å². The molecular formula is C19H25F4N6O2+. The van der Waals surface area contributed by atoms with Crippen molar-refractivity contribution < 1.29 is 32.8 Å². The Balaban J connectivity index is 1.61. The van der Waals surface area contributed by atoms with Gasteiger partial charge in [0.05, 0.1) is 38.1 Å². The lowest BCUT2D eigenvalue weighted by Gasteiger charge is -2.38. The van der Waals surface area contributed by atoms with Gasteiger partial charge < -0.3 is 20.7 Å². The Morgan fingerprint density at radius 3 is 2.81 bits per heavy atom. The molecule has 1 saturated carbocycles. The number of fused-ring (bicyclic) bond motifs is 1. The van der Waals surface area contributed by atoms with Crippen LogP contribution in [0.25, 0.3) is 5.65 Å². The van der Waals surface area contributed by atoms with E-state index in [-0.39, 0.29) is 25.4 Å². The lowest BCUT2D eigenvalue weighted by molar-refractivity contribution is -0.441. The standard InChI is InChI=1S/C19H24F4N6O2/c1-31-8-14(28-10-19(22,23)9-25-17(28)30)12-4-15-27-13(7-29(15)26-6-12)16(24)11-2-3-18(20,21)5-11/h4,6-7,11,14,16H,2-3,5,8-10,24H2,1H3,(H,25,30)/p+1/t11-,14-,16-/m1/s1. The second-order valence-electron chi connectivity index (χ2n) is 8.34. The number of carbonyl (C=O) groups excluding carboxylic acids is 1. The molecule has 31 heavy (non-hydrogen) atoms. The van der Waals surface area contributed by atoms with Crippen LogP contribution in [-0.4, -0.2) is 64.2 Å². The van der Waals surface area contributed by atoms with Crippen molar-refractivity contribution in [2.24, 2.45) is 5.92 Å². The largest absolute Gasteiger partial charge is 0.382 e. The van der Waals surface area contributed by atoms with Gasteiger partial charge in [0, 0.05) is 31.4 Å². The number of hydrogen-bond donors (Lipinski definition) is 2. The first-order chi connectivity index (χ1) is 14.6. The van der Waals surface area contributed by atoms with Gasteiger partial charge in [-0.2, -0.15) is 5.10 Å². The molecule has 1 aliphatic carbocycles. The average Bonchev–Trinajstić information content (AvgIpc) is 3.30. The lowest BCUT2D eigenvalue weighted by atomic mass is 9.96. The van der Waals surface area contributed by atoms with E-state index >= 15 is 0 Å². The fourth-order valence-corrected chi connectivity index (χ4v) is 4.30. The highest BCUT2D eigenvalue weighted by Crippen LogP contribution is 2.42. The molecule has 2 aromatic heterocycles. The van der Waals surface area contributed by atoms with Gasteiger partial charge in [-0.15, -0.1) is 0 Å². The maximum Gasteiger partial charge on any atom is 0.318 e. The van der Waals surface area contributed by atoms with E-state index in [1.165, 1.54) is 17.8 Å². The number of amides is 2. The monoisotopic (exact) mass is 445 g/mol. The van der Waals surface area contributed by atoms with Crippen LogP contribution in [0.2, 0.25) is 0 Å². The highest BCUT2D eigenvalue weighted by Gasteiger charge is 2.44. The maximum atomic E-state index is 13.9. The normalized spacial score (nSPS) is 24.9. The molecule has 0 aromatic carbocycles. The second-order valence-corrected chi connectivity index (χ2v) is 8.34. The first-order valence-corrected chi connectivity index (χ1v) is 10.1. The van der Waals surface area contributed by atoms with E-state index in [1.54, 1.807) is 12.3 Å². The van der Waals surface area contributed by atoms with Gasteiger partial charge in [-0.1, -0.05) is 0 Å². The minimum absolute atomic E-state index is 0.00989. The van der Waals surface area contributed by atoms with Crippen LogP contribution >= 0.6 is 0 Å². The SMILES string of the molecule is COC[C@H](c1cnn2cc([C@H]([NH3+])[C@@H]3CCC(F)(F)C3)nc2c1)N1CC(F)(F)CNC1=O. The molecule has 0 unspecified atom stereocenters. The van der Waals surface area contributed by atoms with Crippen LogP contribution in [0.3, 0.4) is 0 Å². The van der Waals surface area contributed by atoms with E-state index in [1.807, 2.05) is 0 Å². The average molecular weight is 445 g/mol. The first-order valence-electron chi connectivity index (χ1n) is 10.1. The van der Waals surface area contributed by atoms with Gasteiger partial charge >= 0.3 is 6.03 Å². The zero-order chi connectivity index (χ0) is 22.4. The fourth-order valence-electron chi connectivity index (χ4n) is 4.30. The number of carbonyl (C=O) groups is 1. The Bertz CT molecular complexity index is 968. The second kappa shape index (κ2) is 7.90. The van der Waals surface area contributed by atoms with Gasteiger partial charge in [-0.3, -0.25) is 0 Å². The summed E-state index contributed by atoms with van der Waals surface area (Å²) in [4.78, 5) is 17.8. The van der Waals surface area contributed by atoms with Gasteiger partial charge in [-0.25, -0.2) is 31.9 Å². The third kappa shape index (κ3) is 4.45. The number of ether oxygens (including phenoxy) is 1. The summed E-state index contributed by atoms with van der Waals surface area (Å²) in [6.07, 6.45) is 3.11. The van der Waals surface area contributed by atoms with Crippen LogP contribution < -0.4 is 11.1 Å². The smallest absolute Gasteiger partial charge is 0.318 e. The first kappa shape index (κ1) is 21.8. The molecule has 4 N–H and O–H groups in total. The van der Waals surface area contributed by atoms with E-state index in [4.69, 9.17) is 4.74 Å². The summed E-state index contributed by atoms with van der Waals surface area (Å²) < 4.78 is 61.6. The number of alkyl halides is 4. The summed E-state index contributed by atoms with van der Waals surface area (Å²) in [6.45, 7) is -1.47. The van der Waals surface area contributed by atoms with Gasteiger partial charge in [-0.05, 0) is 12.5 Å². The summed E-state index contributed by atoms with van der Waals surface area (Å²) in [5.41, 5.74) is 5.47. The number of halogens is 4. The Kier molecular flexibility index (Phi) is 5.54. The highest BCUT2D eigenvalue weighted by atomic mass is 19.3. The van der Waals surface area contributed by atoms with E-state index in [0.29, 0.717) is 23.3 Å². The number of hydrogen-bond acceptors (Lipinski definition) is 4. The van der Waals surface area contributed by atoms with Crippen LogP contribution in [0.1, 0.15) is 42.6 Å². The summed E-state index contributed by atoms with van der Waals surface area (Å²) in [7, 11) is 1.41. The van der Waals surface area contributed by atoms with Crippen LogP contribution in [0, 0.1) is 5.92 Å². The summed E-state index contributed by atoms with van der Waals surface area (Å²) in [5, 5.41) is 6.47. The quantitative estimate of drug-likeness (QED) is 0.663. The van der Waals surface area contributed by atoms with E-state index in [2.05, 4.69) is 21.1 Å². The van der Waals surface area contributed by atoms with Crippen molar-refractivity contribution in [3.8, 4) is 0 Å². The number of urea groups is 1. The van der Waals surface area contributed by atoms with Crippen molar-refractivity contribution in [1.29, 1.82) is 0 Å². The molecule has 0 spiro atoms. The maximum absolute atomic E-state index is 13.9. The molecule has 3 atom stereocenters. The fraction of sp³-hybridized carbons (Fsp3) is 0.632. The number of nitrogens with one attached hydrogen (secondary N) is 1. The van der Waals surface area contributed by atoms with Crippen molar-refractivity contribution in [2.45, 2.75) is 43.2 Å². The van der Waals surface area contributed by atoms with E-state index in [9.17, 15) is 22.4 Å². The Morgan fingerprint density at radius 1 is 1.35 bits per heavy atom. The van der Waals surface area contributed by atoms with Gasteiger partial charge in [0.1, 0.15) is 11.7 Å². The van der Waals surface area contributed by atoms with E-state index < -0.39 is 43.0 Å². The molecule has 0 radical (unpaired) electrons. The molecule has 4 rings (SSSR count).